The van der Waals surface area contributed by atoms with E-state index in [-0.39, 0.29) is 11.9 Å². The molecule has 0 bridgehead atoms. The molecule has 0 spiro atoms. The number of hydrogen-bond acceptors (Lipinski definition) is 4. The quantitative estimate of drug-likeness (QED) is 0.412. The zero-order chi connectivity index (χ0) is 24.3. The molecule has 1 heterocycles. The first-order valence-electron chi connectivity index (χ1n) is 11.0. The Kier molecular flexibility index (Phi) is 6.84. The number of halogens is 1. The van der Waals surface area contributed by atoms with Gasteiger partial charge in [-0.25, -0.2) is 9.80 Å². The normalized spacial score (nSPS) is 15.6. The van der Waals surface area contributed by atoms with E-state index in [0.29, 0.717) is 17.7 Å². The number of carbonyl (C=O) groups is 2. The van der Waals surface area contributed by atoms with Gasteiger partial charge in [0, 0.05) is 22.1 Å². The molecular formula is C27H26BrN3O3. The number of hydrogen-bond donors (Lipinski definition) is 1. The first-order valence-corrected chi connectivity index (χ1v) is 11.8. The summed E-state index contributed by atoms with van der Waals surface area (Å²) in [7, 11) is 0. The molecule has 0 radical (unpaired) electrons. The van der Waals surface area contributed by atoms with E-state index in [9.17, 15) is 9.59 Å². The average molecular weight is 520 g/mol. The van der Waals surface area contributed by atoms with E-state index in [0.717, 1.165) is 21.3 Å². The molecule has 174 valence electrons. The SMILES string of the molecule is CC(C)(C)OC(=O)Nc1ccc(C2=NN(C(=O)c3ccc(Br)cc3)C(c3ccccc3)C2)cc1. The highest BCUT2D eigenvalue weighted by atomic mass is 79.9. The van der Waals surface area contributed by atoms with Crippen molar-refractivity contribution in [1.82, 2.24) is 5.01 Å². The van der Waals surface area contributed by atoms with Crippen molar-refractivity contribution in [2.24, 2.45) is 5.10 Å². The number of benzene rings is 3. The van der Waals surface area contributed by atoms with Crippen molar-refractivity contribution in [2.45, 2.75) is 38.8 Å². The number of hydrazone groups is 1. The third-order valence-corrected chi connectivity index (χ3v) is 5.79. The molecule has 1 unspecified atom stereocenters. The Morgan fingerprint density at radius 3 is 2.24 bits per heavy atom. The fourth-order valence-corrected chi connectivity index (χ4v) is 3.96. The molecule has 0 saturated carbocycles. The van der Waals surface area contributed by atoms with Crippen molar-refractivity contribution >= 4 is 39.3 Å². The van der Waals surface area contributed by atoms with Crippen LogP contribution in [0.3, 0.4) is 0 Å². The van der Waals surface area contributed by atoms with Crippen LogP contribution in [0.4, 0.5) is 10.5 Å². The molecule has 3 aromatic carbocycles. The van der Waals surface area contributed by atoms with Gasteiger partial charge in [0.15, 0.2) is 0 Å². The van der Waals surface area contributed by atoms with E-state index < -0.39 is 11.7 Å². The lowest BCUT2D eigenvalue weighted by atomic mass is 9.98. The van der Waals surface area contributed by atoms with Crippen LogP contribution in [0.15, 0.2) is 88.4 Å². The number of ether oxygens (including phenoxy) is 1. The molecule has 3 aromatic rings. The van der Waals surface area contributed by atoms with Crippen LogP contribution < -0.4 is 5.32 Å². The molecule has 4 rings (SSSR count). The Morgan fingerprint density at radius 1 is 0.971 bits per heavy atom. The minimum absolute atomic E-state index is 0.153. The largest absolute Gasteiger partial charge is 0.444 e. The highest BCUT2D eigenvalue weighted by molar-refractivity contribution is 9.10. The maximum atomic E-state index is 13.4. The van der Waals surface area contributed by atoms with E-state index in [4.69, 9.17) is 9.84 Å². The van der Waals surface area contributed by atoms with E-state index in [1.807, 2.05) is 75.4 Å². The summed E-state index contributed by atoms with van der Waals surface area (Å²) in [5.74, 6) is -0.153. The molecule has 1 aliphatic heterocycles. The molecule has 7 heteroatoms. The topological polar surface area (TPSA) is 71.0 Å². The minimum Gasteiger partial charge on any atom is -0.444 e. The predicted molar refractivity (Wildman–Crippen MR) is 137 cm³/mol. The van der Waals surface area contributed by atoms with Crippen molar-refractivity contribution < 1.29 is 14.3 Å². The monoisotopic (exact) mass is 519 g/mol. The summed E-state index contributed by atoms with van der Waals surface area (Å²) < 4.78 is 6.22. The maximum absolute atomic E-state index is 13.4. The van der Waals surface area contributed by atoms with Crippen molar-refractivity contribution in [1.29, 1.82) is 0 Å². The molecule has 0 aromatic heterocycles. The lowest BCUT2D eigenvalue weighted by molar-refractivity contribution is 0.0635. The van der Waals surface area contributed by atoms with Gasteiger partial charge in [0.25, 0.3) is 5.91 Å². The third kappa shape index (κ3) is 5.72. The highest BCUT2D eigenvalue weighted by Crippen LogP contribution is 2.34. The fraction of sp³-hybridized carbons (Fsp3) is 0.222. The van der Waals surface area contributed by atoms with Gasteiger partial charge in [0.2, 0.25) is 0 Å². The smallest absolute Gasteiger partial charge is 0.412 e. The second kappa shape index (κ2) is 9.81. The maximum Gasteiger partial charge on any atom is 0.412 e. The second-order valence-electron chi connectivity index (χ2n) is 9.04. The lowest BCUT2D eigenvalue weighted by Crippen LogP contribution is -2.27. The van der Waals surface area contributed by atoms with E-state index >= 15 is 0 Å². The summed E-state index contributed by atoms with van der Waals surface area (Å²) >= 11 is 3.42. The summed E-state index contributed by atoms with van der Waals surface area (Å²) in [6, 6.07) is 24.4. The Hall–Kier alpha value is -3.45. The lowest BCUT2D eigenvalue weighted by Gasteiger charge is -2.22. The first kappa shape index (κ1) is 23.7. The van der Waals surface area contributed by atoms with Crippen LogP contribution in [-0.2, 0) is 4.74 Å². The van der Waals surface area contributed by atoms with Crippen molar-refractivity contribution in [2.75, 3.05) is 5.32 Å². The van der Waals surface area contributed by atoms with Crippen LogP contribution in [0.25, 0.3) is 0 Å². The molecule has 0 aliphatic carbocycles. The number of nitrogens with zero attached hydrogens (tertiary/aromatic N) is 2. The average Bonchev–Trinajstić information content (AvgIpc) is 3.24. The van der Waals surface area contributed by atoms with Crippen LogP contribution in [0.2, 0.25) is 0 Å². The van der Waals surface area contributed by atoms with Gasteiger partial charge in [0.05, 0.1) is 11.8 Å². The molecule has 1 N–H and O–H groups in total. The van der Waals surface area contributed by atoms with Crippen LogP contribution >= 0.6 is 15.9 Å². The van der Waals surface area contributed by atoms with Crippen molar-refractivity contribution in [3.05, 3.63) is 100 Å². The van der Waals surface area contributed by atoms with E-state index in [1.165, 1.54) is 0 Å². The van der Waals surface area contributed by atoms with E-state index in [1.54, 1.807) is 29.3 Å². The Morgan fingerprint density at radius 2 is 1.62 bits per heavy atom. The number of nitrogens with one attached hydrogen (secondary N) is 1. The molecule has 34 heavy (non-hydrogen) atoms. The highest BCUT2D eigenvalue weighted by Gasteiger charge is 2.33. The van der Waals surface area contributed by atoms with Crippen LogP contribution in [0.5, 0.6) is 0 Å². The van der Waals surface area contributed by atoms with Crippen molar-refractivity contribution in [3.8, 4) is 0 Å². The number of rotatable bonds is 4. The molecular weight excluding hydrogens is 494 g/mol. The van der Waals surface area contributed by atoms with Gasteiger partial charge in [-0.05, 0) is 68.3 Å². The summed E-state index contributed by atoms with van der Waals surface area (Å²) in [5.41, 5.74) is 3.35. The molecule has 1 atom stereocenters. The minimum atomic E-state index is -0.570. The second-order valence-corrected chi connectivity index (χ2v) is 9.95. The summed E-state index contributed by atoms with van der Waals surface area (Å²) in [6.45, 7) is 5.45. The molecule has 1 aliphatic rings. The number of amides is 2. The van der Waals surface area contributed by atoms with Gasteiger partial charge in [-0.1, -0.05) is 58.4 Å². The first-order chi connectivity index (χ1) is 16.2. The van der Waals surface area contributed by atoms with Crippen molar-refractivity contribution in [3.63, 3.8) is 0 Å². The van der Waals surface area contributed by atoms with Gasteiger partial charge >= 0.3 is 6.09 Å². The van der Waals surface area contributed by atoms with Gasteiger partial charge < -0.3 is 4.74 Å². The summed E-state index contributed by atoms with van der Waals surface area (Å²) in [6.07, 6.45) is 0.0827. The molecule has 0 fully saturated rings. The fourth-order valence-electron chi connectivity index (χ4n) is 3.70. The van der Waals surface area contributed by atoms with Crippen LogP contribution in [0, 0.1) is 0 Å². The zero-order valence-corrected chi connectivity index (χ0v) is 20.9. The Balaban J connectivity index is 1.57. The predicted octanol–water partition coefficient (Wildman–Crippen LogP) is 6.79. The summed E-state index contributed by atoms with van der Waals surface area (Å²) in [5, 5.41) is 9.04. The molecule has 6 nitrogen and oxygen atoms in total. The molecule has 0 saturated heterocycles. The van der Waals surface area contributed by atoms with Gasteiger partial charge in [0.1, 0.15) is 5.60 Å². The van der Waals surface area contributed by atoms with Crippen LogP contribution in [0.1, 0.15) is 54.7 Å². The Labute approximate surface area is 207 Å². The van der Waals surface area contributed by atoms with Gasteiger partial charge in [-0.3, -0.25) is 10.1 Å². The van der Waals surface area contributed by atoms with Crippen LogP contribution in [-0.4, -0.2) is 28.3 Å². The Bertz CT molecular complexity index is 1200. The standard InChI is InChI=1S/C27H26BrN3O3/c1-27(2,3)34-26(33)29-22-15-11-18(12-16-22)23-17-24(19-7-5-4-6-8-19)31(30-23)25(32)20-9-13-21(28)14-10-20/h4-16,24H,17H2,1-3H3,(H,29,33). The van der Waals surface area contributed by atoms with Gasteiger partial charge in [-0.2, -0.15) is 5.10 Å². The van der Waals surface area contributed by atoms with Gasteiger partial charge in [-0.15, -0.1) is 0 Å². The number of anilines is 1. The third-order valence-electron chi connectivity index (χ3n) is 5.26. The van der Waals surface area contributed by atoms with E-state index in [2.05, 4.69) is 21.2 Å². The number of carbonyl (C=O) groups excluding carboxylic acids is 2. The molecule has 2 amide bonds. The zero-order valence-electron chi connectivity index (χ0n) is 19.3. The summed E-state index contributed by atoms with van der Waals surface area (Å²) in [4.78, 5) is 25.4.